The Kier molecular flexibility index (Phi) is 4.85. The molecule has 0 fully saturated rings. The highest BCUT2D eigenvalue weighted by Gasteiger charge is 2.29. The summed E-state index contributed by atoms with van der Waals surface area (Å²) in [6, 6.07) is 8.09. The van der Waals surface area contributed by atoms with Crippen molar-refractivity contribution < 1.29 is 13.2 Å². The lowest BCUT2D eigenvalue weighted by atomic mass is 10.1. The number of hydrogen-bond donors (Lipinski definition) is 0. The molecule has 0 saturated carbocycles. The second-order valence-corrected chi connectivity index (χ2v) is 10.0. The molecule has 3 aromatic rings. The van der Waals surface area contributed by atoms with E-state index < -0.39 is 15.9 Å². The van der Waals surface area contributed by atoms with Crippen LogP contribution in [0.4, 0.5) is 0 Å². The summed E-state index contributed by atoms with van der Waals surface area (Å²) in [5, 5.41) is 3.83. The predicted octanol–water partition coefficient (Wildman–Crippen LogP) is 2.64. The predicted molar refractivity (Wildman–Crippen MR) is 105 cm³/mol. The molecule has 27 heavy (non-hydrogen) atoms. The van der Waals surface area contributed by atoms with Crippen molar-refractivity contribution in [2.45, 2.75) is 17.9 Å². The Morgan fingerprint density at radius 1 is 1.19 bits per heavy atom. The van der Waals surface area contributed by atoms with Gasteiger partial charge in [0.2, 0.25) is 10.0 Å². The van der Waals surface area contributed by atoms with E-state index in [2.05, 4.69) is 4.99 Å². The molecule has 2 aromatic heterocycles. The smallest absolute Gasteiger partial charge is 0.279 e. The molecule has 0 spiro atoms. The summed E-state index contributed by atoms with van der Waals surface area (Å²) in [5.41, 5.74) is 1.32. The van der Waals surface area contributed by atoms with Crippen molar-refractivity contribution in [3.05, 3.63) is 68.1 Å². The lowest BCUT2D eigenvalue weighted by molar-refractivity contribution is 0.0997. The van der Waals surface area contributed by atoms with E-state index in [4.69, 9.17) is 0 Å². The average Bonchev–Trinajstić information content (AvgIpc) is 3.30. The number of fused-ring (bicyclic) bond motifs is 1. The van der Waals surface area contributed by atoms with Gasteiger partial charge in [0.05, 0.1) is 4.90 Å². The summed E-state index contributed by atoms with van der Waals surface area (Å²) < 4.78 is 29.3. The fourth-order valence-corrected chi connectivity index (χ4v) is 6.04. The van der Waals surface area contributed by atoms with E-state index in [0.717, 1.165) is 12.0 Å². The van der Waals surface area contributed by atoms with Crippen LogP contribution in [-0.4, -0.2) is 29.7 Å². The third-order valence-corrected chi connectivity index (χ3v) is 8.16. The molecule has 1 aromatic carbocycles. The highest BCUT2D eigenvalue weighted by atomic mass is 32.2. The minimum absolute atomic E-state index is 0.123. The summed E-state index contributed by atoms with van der Waals surface area (Å²) in [7, 11) is -1.86. The van der Waals surface area contributed by atoms with Gasteiger partial charge in [0, 0.05) is 42.2 Å². The molecule has 3 heterocycles. The quantitative estimate of drug-likeness (QED) is 0.655. The molecular weight excluding hydrogens is 402 g/mol. The van der Waals surface area contributed by atoms with Crippen LogP contribution in [0.5, 0.6) is 0 Å². The molecular formula is C18H17N3O3S3. The number of amides is 1. The first-order valence-electron chi connectivity index (χ1n) is 8.30. The average molecular weight is 420 g/mol. The number of nitrogens with zero attached hydrogens (tertiary/aromatic N) is 3. The molecule has 140 valence electrons. The van der Waals surface area contributed by atoms with Gasteiger partial charge in [0.15, 0.2) is 4.80 Å². The Bertz CT molecular complexity index is 1170. The lowest BCUT2D eigenvalue weighted by Gasteiger charge is -2.26. The molecule has 0 atom stereocenters. The van der Waals surface area contributed by atoms with Crippen LogP contribution >= 0.6 is 22.7 Å². The van der Waals surface area contributed by atoms with Gasteiger partial charge in [-0.05, 0) is 41.6 Å². The van der Waals surface area contributed by atoms with Gasteiger partial charge in [-0.2, -0.15) is 9.30 Å². The molecule has 4 rings (SSSR count). The van der Waals surface area contributed by atoms with Crippen molar-refractivity contribution in [1.29, 1.82) is 0 Å². The number of benzene rings is 1. The highest BCUT2D eigenvalue weighted by molar-refractivity contribution is 7.89. The van der Waals surface area contributed by atoms with Crippen molar-refractivity contribution in [2.24, 2.45) is 12.0 Å². The number of sulfonamides is 1. The Morgan fingerprint density at radius 2 is 2.04 bits per heavy atom. The van der Waals surface area contributed by atoms with E-state index in [1.165, 1.54) is 32.7 Å². The van der Waals surface area contributed by atoms with Gasteiger partial charge >= 0.3 is 0 Å². The standard InChI is InChI=1S/C18H17N3O3S3/c1-20-8-10-26-18(20)19-17(22)13-3-2-4-15(11-13)27(23,24)21-7-5-16-14(12-21)6-9-25-16/h2-4,6,8-11H,5,7,12H2,1H3. The summed E-state index contributed by atoms with van der Waals surface area (Å²) >= 11 is 3.01. The third-order valence-electron chi connectivity index (χ3n) is 4.45. The minimum atomic E-state index is -3.67. The van der Waals surface area contributed by atoms with Crippen molar-refractivity contribution in [2.75, 3.05) is 6.54 Å². The first-order chi connectivity index (χ1) is 12.9. The van der Waals surface area contributed by atoms with Gasteiger partial charge in [-0.25, -0.2) is 8.42 Å². The number of hydrogen-bond acceptors (Lipinski definition) is 5. The molecule has 1 aliphatic rings. The Balaban J connectivity index is 1.64. The molecule has 0 N–H and O–H groups in total. The Labute approximate surface area is 165 Å². The van der Waals surface area contributed by atoms with Crippen LogP contribution in [0.15, 0.2) is 57.2 Å². The van der Waals surface area contributed by atoms with Crippen LogP contribution in [-0.2, 0) is 30.0 Å². The Morgan fingerprint density at radius 3 is 2.81 bits per heavy atom. The molecule has 0 bridgehead atoms. The van der Waals surface area contributed by atoms with E-state index in [-0.39, 0.29) is 10.5 Å². The largest absolute Gasteiger partial charge is 0.327 e. The number of carbonyl (C=O) groups is 1. The van der Waals surface area contributed by atoms with Gasteiger partial charge in [-0.15, -0.1) is 22.7 Å². The molecule has 1 aliphatic heterocycles. The van der Waals surface area contributed by atoms with E-state index in [1.807, 2.05) is 23.0 Å². The molecule has 1 amide bonds. The second kappa shape index (κ2) is 7.16. The van der Waals surface area contributed by atoms with Crippen LogP contribution in [0.3, 0.4) is 0 Å². The molecule has 0 radical (unpaired) electrons. The maximum Gasteiger partial charge on any atom is 0.279 e. The summed E-state index contributed by atoms with van der Waals surface area (Å²) in [5.74, 6) is -0.455. The molecule has 0 saturated heterocycles. The van der Waals surface area contributed by atoms with Crippen molar-refractivity contribution in [3.8, 4) is 0 Å². The molecule has 9 heteroatoms. The molecule has 0 aliphatic carbocycles. The normalized spacial score (nSPS) is 15.7. The van der Waals surface area contributed by atoms with E-state index in [9.17, 15) is 13.2 Å². The van der Waals surface area contributed by atoms with Crippen LogP contribution in [0.25, 0.3) is 0 Å². The maximum atomic E-state index is 13.1. The minimum Gasteiger partial charge on any atom is -0.327 e. The van der Waals surface area contributed by atoms with Crippen LogP contribution in [0.1, 0.15) is 20.8 Å². The van der Waals surface area contributed by atoms with Gasteiger partial charge in [0.1, 0.15) is 0 Å². The number of rotatable bonds is 3. The fraction of sp³-hybridized carbons (Fsp3) is 0.222. The second-order valence-electron chi connectivity index (χ2n) is 6.20. The van der Waals surface area contributed by atoms with E-state index in [0.29, 0.717) is 17.9 Å². The van der Waals surface area contributed by atoms with Crippen LogP contribution in [0.2, 0.25) is 0 Å². The first-order valence-corrected chi connectivity index (χ1v) is 11.5. The van der Waals surface area contributed by atoms with Crippen molar-refractivity contribution >= 4 is 38.6 Å². The van der Waals surface area contributed by atoms with E-state index in [1.54, 1.807) is 35.1 Å². The highest BCUT2D eigenvalue weighted by Crippen LogP contribution is 2.28. The summed E-state index contributed by atoms with van der Waals surface area (Å²) in [6.45, 7) is 0.818. The van der Waals surface area contributed by atoms with Crippen molar-refractivity contribution in [3.63, 3.8) is 0 Å². The monoisotopic (exact) mass is 419 g/mol. The zero-order valence-corrected chi connectivity index (χ0v) is 17.0. The SMILES string of the molecule is Cn1ccsc1=NC(=O)c1cccc(S(=O)(=O)N2CCc3sccc3C2)c1. The zero-order chi connectivity index (χ0) is 19.0. The summed E-state index contributed by atoms with van der Waals surface area (Å²) in [4.78, 5) is 18.5. The number of thiazole rings is 1. The third kappa shape index (κ3) is 3.55. The van der Waals surface area contributed by atoms with Crippen molar-refractivity contribution in [1.82, 2.24) is 8.87 Å². The number of aryl methyl sites for hydroxylation is 1. The van der Waals surface area contributed by atoms with Gasteiger partial charge in [-0.1, -0.05) is 6.07 Å². The van der Waals surface area contributed by atoms with Gasteiger partial charge in [-0.3, -0.25) is 4.79 Å². The van der Waals surface area contributed by atoms with Gasteiger partial charge in [0.25, 0.3) is 5.91 Å². The number of aromatic nitrogens is 1. The first kappa shape index (κ1) is 18.3. The van der Waals surface area contributed by atoms with E-state index >= 15 is 0 Å². The number of thiophene rings is 1. The lowest BCUT2D eigenvalue weighted by Crippen LogP contribution is -2.35. The molecule has 0 unspecified atom stereocenters. The zero-order valence-electron chi connectivity index (χ0n) is 14.5. The topological polar surface area (TPSA) is 71.7 Å². The van der Waals surface area contributed by atoms with Crippen LogP contribution < -0.4 is 4.80 Å². The fourth-order valence-electron chi connectivity index (χ4n) is 2.95. The van der Waals surface area contributed by atoms with Gasteiger partial charge < -0.3 is 4.57 Å². The summed E-state index contributed by atoms with van der Waals surface area (Å²) in [6.07, 6.45) is 2.53. The number of carbonyl (C=O) groups excluding carboxylic acids is 1. The maximum absolute atomic E-state index is 13.1. The Hall–Kier alpha value is -2.07. The van der Waals surface area contributed by atoms with Crippen LogP contribution in [0, 0.1) is 0 Å². The molecule has 6 nitrogen and oxygen atoms in total.